The molecule has 3 aromatic carbocycles. The third-order valence-corrected chi connectivity index (χ3v) is 5.84. The maximum atomic E-state index is 12.5. The van der Waals surface area contributed by atoms with E-state index in [0.717, 1.165) is 5.56 Å². The Kier molecular flexibility index (Phi) is 6.10. The van der Waals surface area contributed by atoms with Crippen LogP contribution in [-0.4, -0.2) is 21.4 Å². The molecule has 0 atom stereocenters. The molecule has 29 heavy (non-hydrogen) atoms. The van der Waals surface area contributed by atoms with E-state index in [9.17, 15) is 13.2 Å². The highest BCUT2D eigenvalue weighted by molar-refractivity contribution is 7.92. The van der Waals surface area contributed by atoms with Gasteiger partial charge in [-0.05, 0) is 73.2 Å². The summed E-state index contributed by atoms with van der Waals surface area (Å²) in [5, 5.41) is 3.06. The van der Waals surface area contributed by atoms with Gasteiger partial charge in [-0.1, -0.05) is 17.7 Å². The molecule has 0 saturated heterocycles. The van der Waals surface area contributed by atoms with E-state index in [-0.39, 0.29) is 10.8 Å². The van der Waals surface area contributed by atoms with Crippen molar-refractivity contribution in [3.05, 3.63) is 82.9 Å². The van der Waals surface area contributed by atoms with Crippen LogP contribution in [0.4, 0.5) is 11.4 Å². The predicted molar refractivity (Wildman–Crippen MR) is 114 cm³/mol. The summed E-state index contributed by atoms with van der Waals surface area (Å²) in [5.74, 6) is 0.253. The van der Waals surface area contributed by atoms with E-state index in [0.29, 0.717) is 27.7 Å². The van der Waals surface area contributed by atoms with Gasteiger partial charge in [0.2, 0.25) is 0 Å². The van der Waals surface area contributed by atoms with Crippen molar-refractivity contribution in [3.8, 4) is 5.75 Å². The first-order chi connectivity index (χ1) is 13.8. The van der Waals surface area contributed by atoms with Crippen molar-refractivity contribution < 1.29 is 17.9 Å². The van der Waals surface area contributed by atoms with Crippen molar-refractivity contribution in [1.82, 2.24) is 0 Å². The van der Waals surface area contributed by atoms with Crippen molar-refractivity contribution >= 4 is 38.9 Å². The lowest BCUT2D eigenvalue weighted by Gasteiger charge is -2.10. The summed E-state index contributed by atoms with van der Waals surface area (Å²) in [6, 6.07) is 17.5. The average molecular weight is 431 g/mol. The zero-order chi connectivity index (χ0) is 21.0. The van der Waals surface area contributed by atoms with Crippen LogP contribution in [0.2, 0.25) is 5.02 Å². The van der Waals surface area contributed by atoms with E-state index in [1.807, 2.05) is 6.92 Å². The summed E-state index contributed by atoms with van der Waals surface area (Å²) in [7, 11) is -2.23. The van der Waals surface area contributed by atoms with Crippen LogP contribution in [0.25, 0.3) is 0 Å². The first-order valence-corrected chi connectivity index (χ1v) is 10.5. The molecule has 3 rings (SSSR count). The molecule has 0 aromatic heterocycles. The summed E-state index contributed by atoms with van der Waals surface area (Å²) in [5.41, 5.74) is 2.16. The van der Waals surface area contributed by atoms with Crippen LogP contribution in [0.5, 0.6) is 5.75 Å². The van der Waals surface area contributed by atoms with Crippen LogP contribution < -0.4 is 14.8 Å². The molecule has 0 spiro atoms. The van der Waals surface area contributed by atoms with Crippen molar-refractivity contribution in [2.75, 3.05) is 17.1 Å². The number of hydrogen-bond donors (Lipinski definition) is 2. The molecule has 0 aliphatic carbocycles. The van der Waals surface area contributed by atoms with Gasteiger partial charge in [0.1, 0.15) is 5.75 Å². The summed E-state index contributed by atoms with van der Waals surface area (Å²) in [4.78, 5) is 12.5. The fourth-order valence-corrected chi connectivity index (χ4v) is 3.97. The second kappa shape index (κ2) is 8.55. The lowest BCUT2D eigenvalue weighted by Crippen LogP contribution is -2.14. The monoisotopic (exact) mass is 430 g/mol. The topological polar surface area (TPSA) is 84.5 Å². The van der Waals surface area contributed by atoms with Gasteiger partial charge in [0, 0.05) is 11.4 Å². The average Bonchev–Trinajstić information content (AvgIpc) is 2.68. The summed E-state index contributed by atoms with van der Waals surface area (Å²) in [6.45, 7) is 1.88. The van der Waals surface area contributed by atoms with Gasteiger partial charge < -0.3 is 10.1 Å². The summed E-state index contributed by atoms with van der Waals surface area (Å²) in [6.07, 6.45) is 0. The lowest BCUT2D eigenvalue weighted by atomic mass is 10.1. The minimum atomic E-state index is -3.77. The first kappa shape index (κ1) is 20.7. The zero-order valence-electron chi connectivity index (χ0n) is 15.8. The van der Waals surface area contributed by atoms with Gasteiger partial charge in [0.05, 0.1) is 22.6 Å². The maximum Gasteiger partial charge on any atom is 0.261 e. The standard InChI is InChI=1S/C21H19ClN2O4S/c1-14-3-12-19(20(22)13-14)21(25)23-15-6-10-18(11-7-15)29(26,27)24-16-4-8-17(28-2)9-5-16/h3-13,24H,1-2H3,(H,23,25). The van der Waals surface area contributed by atoms with Crippen LogP contribution in [0, 0.1) is 6.92 Å². The number of carbonyl (C=O) groups is 1. The van der Waals surface area contributed by atoms with E-state index in [1.54, 1.807) is 42.5 Å². The Morgan fingerprint density at radius 1 is 0.931 bits per heavy atom. The number of amides is 1. The molecule has 0 radical (unpaired) electrons. The van der Waals surface area contributed by atoms with E-state index in [2.05, 4.69) is 10.0 Å². The molecule has 3 aromatic rings. The predicted octanol–water partition coefficient (Wildman–Crippen LogP) is 4.71. The molecule has 0 aliphatic rings. The van der Waals surface area contributed by atoms with Gasteiger partial charge in [-0.15, -0.1) is 0 Å². The number of hydrogen-bond acceptors (Lipinski definition) is 4. The molecule has 2 N–H and O–H groups in total. The second-order valence-electron chi connectivity index (χ2n) is 6.30. The van der Waals surface area contributed by atoms with Crippen molar-refractivity contribution in [2.45, 2.75) is 11.8 Å². The lowest BCUT2D eigenvalue weighted by molar-refractivity contribution is 0.102. The SMILES string of the molecule is COc1ccc(NS(=O)(=O)c2ccc(NC(=O)c3ccc(C)cc3Cl)cc2)cc1. The maximum absolute atomic E-state index is 12.5. The Morgan fingerprint density at radius 2 is 1.55 bits per heavy atom. The van der Waals surface area contributed by atoms with E-state index < -0.39 is 10.0 Å². The Bertz CT molecular complexity index is 1130. The number of anilines is 2. The molecule has 0 aliphatic heterocycles. The van der Waals surface area contributed by atoms with Crippen LogP contribution >= 0.6 is 11.6 Å². The first-order valence-electron chi connectivity index (χ1n) is 8.63. The van der Waals surface area contributed by atoms with E-state index >= 15 is 0 Å². The second-order valence-corrected chi connectivity index (χ2v) is 8.39. The minimum Gasteiger partial charge on any atom is -0.497 e. The number of halogens is 1. The van der Waals surface area contributed by atoms with Crippen molar-refractivity contribution in [1.29, 1.82) is 0 Å². The molecule has 6 nitrogen and oxygen atoms in total. The van der Waals surface area contributed by atoms with Crippen LogP contribution in [-0.2, 0) is 10.0 Å². The van der Waals surface area contributed by atoms with Gasteiger partial charge >= 0.3 is 0 Å². The minimum absolute atomic E-state index is 0.0692. The van der Waals surface area contributed by atoms with Crippen LogP contribution in [0.3, 0.4) is 0 Å². The molecule has 0 heterocycles. The number of rotatable bonds is 6. The van der Waals surface area contributed by atoms with Gasteiger partial charge in [-0.2, -0.15) is 0 Å². The number of aryl methyl sites for hydroxylation is 1. The molecule has 150 valence electrons. The third-order valence-electron chi connectivity index (χ3n) is 4.13. The number of ether oxygens (including phenoxy) is 1. The number of nitrogens with one attached hydrogen (secondary N) is 2. The molecule has 0 unspecified atom stereocenters. The highest BCUT2D eigenvalue weighted by Gasteiger charge is 2.15. The Labute approximate surface area is 174 Å². The van der Waals surface area contributed by atoms with Crippen LogP contribution in [0.15, 0.2) is 71.6 Å². The van der Waals surface area contributed by atoms with Crippen LogP contribution in [0.1, 0.15) is 15.9 Å². The summed E-state index contributed by atoms with van der Waals surface area (Å²) < 4.78 is 32.6. The Hall–Kier alpha value is -3.03. The fourth-order valence-electron chi connectivity index (χ4n) is 2.59. The third kappa shape index (κ3) is 5.07. The normalized spacial score (nSPS) is 11.0. The van der Waals surface area contributed by atoms with Crippen molar-refractivity contribution in [2.24, 2.45) is 0 Å². The molecule has 8 heteroatoms. The van der Waals surface area contributed by atoms with Gasteiger partial charge in [-0.25, -0.2) is 8.42 Å². The van der Waals surface area contributed by atoms with Gasteiger partial charge in [0.15, 0.2) is 0 Å². The smallest absolute Gasteiger partial charge is 0.261 e. The largest absolute Gasteiger partial charge is 0.497 e. The molecular formula is C21H19ClN2O4S. The molecule has 1 amide bonds. The highest BCUT2D eigenvalue weighted by Crippen LogP contribution is 2.22. The van der Waals surface area contributed by atoms with Gasteiger partial charge in [-0.3, -0.25) is 9.52 Å². The number of methoxy groups -OCH3 is 1. The number of sulfonamides is 1. The molecule has 0 fully saturated rings. The Morgan fingerprint density at radius 3 is 2.14 bits per heavy atom. The Balaban J connectivity index is 1.72. The molecule has 0 saturated carbocycles. The number of benzene rings is 3. The van der Waals surface area contributed by atoms with E-state index in [4.69, 9.17) is 16.3 Å². The summed E-state index contributed by atoms with van der Waals surface area (Å²) >= 11 is 6.12. The highest BCUT2D eigenvalue weighted by atomic mass is 35.5. The molecular weight excluding hydrogens is 412 g/mol. The van der Waals surface area contributed by atoms with E-state index in [1.165, 1.54) is 31.4 Å². The fraction of sp³-hybridized carbons (Fsp3) is 0.0952. The quantitative estimate of drug-likeness (QED) is 0.593. The number of carbonyl (C=O) groups excluding carboxylic acids is 1. The van der Waals surface area contributed by atoms with Crippen molar-refractivity contribution in [3.63, 3.8) is 0 Å². The molecule has 0 bridgehead atoms. The zero-order valence-corrected chi connectivity index (χ0v) is 17.3. The van der Waals surface area contributed by atoms with Gasteiger partial charge in [0.25, 0.3) is 15.9 Å².